The molecule has 0 fully saturated rings. The average molecular weight is 548 g/mol. The number of ketones is 1. The second-order valence-corrected chi connectivity index (χ2v) is 10.6. The molecule has 0 bridgehead atoms. The number of aryl methyl sites for hydroxylation is 3. The predicted molar refractivity (Wildman–Crippen MR) is 152 cm³/mol. The Hall–Kier alpha value is -3.43. The molecule has 0 saturated carbocycles. The van der Waals surface area contributed by atoms with E-state index in [0.717, 1.165) is 40.9 Å². The van der Waals surface area contributed by atoms with Crippen molar-refractivity contribution in [3.05, 3.63) is 118 Å². The van der Waals surface area contributed by atoms with Gasteiger partial charge in [0.25, 0.3) is 5.56 Å². The largest absolute Gasteiger partial charge is 0.288 e. The molecule has 4 aromatic rings. The molecule has 0 spiro atoms. The molecule has 7 heteroatoms. The Morgan fingerprint density at radius 3 is 2.43 bits per heavy atom. The van der Waals surface area contributed by atoms with Crippen molar-refractivity contribution in [2.24, 2.45) is 0 Å². The highest BCUT2D eigenvalue weighted by atomic mass is 35.5. The summed E-state index contributed by atoms with van der Waals surface area (Å²) in [5.41, 5.74) is 4.13. The second-order valence-electron chi connectivity index (χ2n) is 8.77. The Labute approximate surface area is 229 Å². The minimum atomic E-state index is -0.429. The molecule has 1 heterocycles. The van der Waals surface area contributed by atoms with E-state index in [-0.39, 0.29) is 15.8 Å². The minimum Gasteiger partial charge on any atom is -0.288 e. The van der Waals surface area contributed by atoms with Crippen LogP contribution >= 0.6 is 34.5 Å². The van der Waals surface area contributed by atoms with Crippen LogP contribution in [0.15, 0.2) is 65.5 Å². The maximum absolute atomic E-state index is 13.8. The van der Waals surface area contributed by atoms with Gasteiger partial charge in [-0.1, -0.05) is 79.0 Å². The summed E-state index contributed by atoms with van der Waals surface area (Å²) >= 11 is 13.5. The smallest absolute Gasteiger partial charge is 0.273 e. The van der Waals surface area contributed by atoms with Gasteiger partial charge in [-0.25, -0.2) is 0 Å². The van der Waals surface area contributed by atoms with E-state index in [2.05, 4.69) is 13.0 Å². The number of carbonyl (C=O) groups excluding carboxylic acids is 1. The number of halogens is 2. The van der Waals surface area contributed by atoms with Crippen LogP contribution < -0.4 is 14.8 Å². The van der Waals surface area contributed by atoms with E-state index in [9.17, 15) is 14.9 Å². The molecule has 0 radical (unpaired) electrons. The summed E-state index contributed by atoms with van der Waals surface area (Å²) in [5.74, 6) is -0.429. The minimum absolute atomic E-state index is 0.0897. The molecule has 0 saturated heterocycles. The lowest BCUT2D eigenvalue weighted by Gasteiger charge is -2.09. The lowest BCUT2D eigenvalue weighted by atomic mass is 10.0. The van der Waals surface area contributed by atoms with Gasteiger partial charge >= 0.3 is 0 Å². The SMILES string of the molecule is CCCc1ccc(C(=O)/C(C#N)=c2\s/c(=C/c3ccc(Cl)cc3Cl)c(=O)n2-c2cc(C)ccc2C)cc1. The first kappa shape index (κ1) is 26.6. The van der Waals surface area contributed by atoms with Crippen LogP contribution in [0.4, 0.5) is 0 Å². The number of aromatic nitrogens is 1. The Kier molecular flexibility index (Phi) is 8.14. The van der Waals surface area contributed by atoms with Crippen LogP contribution in [0.5, 0.6) is 0 Å². The maximum atomic E-state index is 13.8. The third-order valence-corrected chi connectivity index (χ3v) is 7.64. The van der Waals surface area contributed by atoms with Crippen LogP contribution in [-0.2, 0) is 6.42 Å². The third kappa shape index (κ3) is 5.62. The molecular formula is C30H24Cl2N2O2S. The van der Waals surface area contributed by atoms with Crippen LogP contribution in [0.25, 0.3) is 17.3 Å². The van der Waals surface area contributed by atoms with E-state index in [0.29, 0.717) is 31.4 Å². The van der Waals surface area contributed by atoms with Crippen molar-refractivity contribution in [1.82, 2.24) is 4.57 Å². The predicted octanol–water partition coefficient (Wildman–Crippen LogP) is 6.16. The number of hydrogen-bond donors (Lipinski definition) is 0. The molecule has 3 aromatic carbocycles. The monoisotopic (exact) mass is 546 g/mol. The summed E-state index contributed by atoms with van der Waals surface area (Å²) in [7, 11) is 0. The first-order valence-electron chi connectivity index (χ1n) is 11.8. The molecule has 0 aliphatic carbocycles. The molecule has 0 N–H and O–H groups in total. The van der Waals surface area contributed by atoms with Gasteiger partial charge in [-0.15, -0.1) is 11.3 Å². The summed E-state index contributed by atoms with van der Waals surface area (Å²) in [4.78, 5) is 27.3. The molecule has 4 rings (SSSR count). The Morgan fingerprint density at radius 1 is 1.05 bits per heavy atom. The number of thiazole rings is 1. The lowest BCUT2D eigenvalue weighted by Crippen LogP contribution is -2.32. The average Bonchev–Trinajstić information content (AvgIpc) is 3.18. The summed E-state index contributed by atoms with van der Waals surface area (Å²) in [6.45, 7) is 5.91. The van der Waals surface area contributed by atoms with Gasteiger partial charge in [0.15, 0.2) is 0 Å². The maximum Gasteiger partial charge on any atom is 0.273 e. The molecule has 0 aliphatic heterocycles. The molecular weight excluding hydrogens is 523 g/mol. The lowest BCUT2D eigenvalue weighted by molar-refractivity contribution is 0.105. The van der Waals surface area contributed by atoms with Crippen LogP contribution in [0, 0.1) is 25.2 Å². The number of benzene rings is 3. The number of hydrogen-bond acceptors (Lipinski definition) is 4. The van der Waals surface area contributed by atoms with Crippen molar-refractivity contribution in [1.29, 1.82) is 5.26 Å². The topological polar surface area (TPSA) is 62.9 Å². The standard InChI is InChI=1S/C30H24Cl2N2O2S/c1-4-5-20-8-10-21(11-9-20)28(35)24(17-33)30-34(26-14-18(2)6-7-19(26)3)29(36)27(37-30)15-22-12-13-23(31)16-25(22)32/h6-16H,4-5H2,1-3H3/b27-15+,30-24-. The van der Waals surface area contributed by atoms with Gasteiger partial charge in [0.1, 0.15) is 16.3 Å². The number of carbonyl (C=O) groups is 1. The number of rotatable bonds is 6. The van der Waals surface area contributed by atoms with Crippen molar-refractivity contribution in [2.45, 2.75) is 33.6 Å². The van der Waals surface area contributed by atoms with E-state index in [1.165, 1.54) is 4.57 Å². The molecule has 0 amide bonds. The summed E-state index contributed by atoms with van der Waals surface area (Å²) < 4.78 is 2.09. The first-order chi connectivity index (χ1) is 17.7. The normalized spacial score (nSPS) is 12.4. The fourth-order valence-electron chi connectivity index (χ4n) is 4.04. The van der Waals surface area contributed by atoms with Gasteiger partial charge in [-0.2, -0.15) is 5.26 Å². The molecule has 1 aromatic heterocycles. The first-order valence-corrected chi connectivity index (χ1v) is 13.3. The van der Waals surface area contributed by atoms with Crippen LogP contribution in [0.3, 0.4) is 0 Å². The van der Waals surface area contributed by atoms with Gasteiger partial charge in [0.05, 0.1) is 10.2 Å². The molecule has 0 unspecified atom stereocenters. The number of nitriles is 1. The highest BCUT2D eigenvalue weighted by Gasteiger charge is 2.19. The zero-order valence-electron chi connectivity index (χ0n) is 20.6. The number of nitrogens with zero attached hydrogens (tertiary/aromatic N) is 2. The van der Waals surface area contributed by atoms with Gasteiger partial charge in [0, 0.05) is 15.6 Å². The fourth-order valence-corrected chi connectivity index (χ4v) is 5.59. The third-order valence-electron chi connectivity index (χ3n) is 5.99. The van der Waals surface area contributed by atoms with Crippen LogP contribution in [-0.4, -0.2) is 10.4 Å². The fraction of sp³-hybridized carbons (Fsp3) is 0.167. The van der Waals surface area contributed by atoms with E-state index in [4.69, 9.17) is 23.2 Å². The molecule has 37 heavy (non-hydrogen) atoms. The molecule has 4 nitrogen and oxygen atoms in total. The summed E-state index contributed by atoms with van der Waals surface area (Å²) in [6, 6.07) is 20.1. The quantitative estimate of drug-likeness (QED) is 0.272. The summed E-state index contributed by atoms with van der Waals surface area (Å²) in [5, 5.41) is 11.0. The van der Waals surface area contributed by atoms with E-state index >= 15 is 0 Å². The van der Waals surface area contributed by atoms with Gasteiger partial charge in [0.2, 0.25) is 5.78 Å². The van der Waals surface area contributed by atoms with Crippen molar-refractivity contribution in [3.8, 4) is 11.8 Å². The van der Waals surface area contributed by atoms with Gasteiger partial charge in [-0.3, -0.25) is 14.2 Å². The summed E-state index contributed by atoms with van der Waals surface area (Å²) in [6.07, 6.45) is 3.57. The Balaban J connectivity index is 2.04. The van der Waals surface area contributed by atoms with Gasteiger partial charge < -0.3 is 0 Å². The highest BCUT2D eigenvalue weighted by molar-refractivity contribution is 7.07. The van der Waals surface area contributed by atoms with Crippen molar-refractivity contribution in [2.75, 3.05) is 0 Å². The Morgan fingerprint density at radius 2 is 1.78 bits per heavy atom. The van der Waals surface area contributed by atoms with E-state index < -0.39 is 5.78 Å². The zero-order valence-corrected chi connectivity index (χ0v) is 23.0. The second kappa shape index (κ2) is 11.3. The van der Waals surface area contributed by atoms with E-state index in [1.807, 2.05) is 44.2 Å². The van der Waals surface area contributed by atoms with Gasteiger partial charge in [-0.05, 0) is 66.8 Å². The molecule has 0 atom stereocenters. The Bertz CT molecular complexity index is 1730. The molecule has 186 valence electrons. The van der Waals surface area contributed by atoms with Crippen molar-refractivity contribution in [3.63, 3.8) is 0 Å². The number of Topliss-reactive ketones (excluding diaryl/α,β-unsaturated/α-hetero) is 1. The van der Waals surface area contributed by atoms with E-state index in [1.54, 1.807) is 36.4 Å². The molecule has 0 aliphatic rings. The highest BCUT2D eigenvalue weighted by Crippen LogP contribution is 2.21. The van der Waals surface area contributed by atoms with Crippen molar-refractivity contribution >= 4 is 52.0 Å². The zero-order chi connectivity index (χ0) is 26.7. The van der Waals surface area contributed by atoms with Crippen LogP contribution in [0.1, 0.15) is 46.0 Å². The van der Waals surface area contributed by atoms with Crippen molar-refractivity contribution < 1.29 is 4.79 Å². The van der Waals surface area contributed by atoms with Crippen LogP contribution in [0.2, 0.25) is 10.0 Å².